The lowest BCUT2D eigenvalue weighted by atomic mass is 9.50. The van der Waals surface area contributed by atoms with Gasteiger partial charge in [-0.1, -0.05) is 57.2 Å². The van der Waals surface area contributed by atoms with Gasteiger partial charge in [0.25, 0.3) is 0 Å². The molecule has 3 rings (SSSR count). The van der Waals surface area contributed by atoms with Gasteiger partial charge < -0.3 is 9.90 Å². The average Bonchev–Trinajstić information content (AvgIpc) is 2.51. The van der Waals surface area contributed by atoms with E-state index >= 15 is 0 Å². The zero-order valence-corrected chi connectivity index (χ0v) is 14.7. The van der Waals surface area contributed by atoms with Gasteiger partial charge in [0.15, 0.2) is 5.78 Å². The summed E-state index contributed by atoms with van der Waals surface area (Å²) in [6.45, 7) is 13.4. The summed E-state index contributed by atoms with van der Waals surface area (Å²) in [6.07, 6.45) is 4.55. The van der Waals surface area contributed by atoms with Gasteiger partial charge in [0.1, 0.15) is 0 Å². The van der Waals surface area contributed by atoms with Gasteiger partial charge in [-0.25, -0.2) is 4.85 Å². The highest BCUT2D eigenvalue weighted by molar-refractivity contribution is 6.02. The van der Waals surface area contributed by atoms with Crippen LogP contribution in [-0.4, -0.2) is 16.5 Å². The fourth-order valence-corrected chi connectivity index (χ4v) is 5.08. The van der Waals surface area contributed by atoms with Crippen molar-refractivity contribution in [3.05, 3.63) is 59.1 Å². The number of ketones is 1. The molecule has 0 aliphatic heterocycles. The minimum absolute atomic E-state index is 0.0477. The average molecular weight is 323 g/mol. The lowest BCUT2D eigenvalue weighted by Gasteiger charge is -2.54. The highest BCUT2D eigenvalue weighted by Crippen LogP contribution is 2.57. The molecule has 0 spiro atoms. The van der Waals surface area contributed by atoms with Crippen molar-refractivity contribution >= 4 is 5.78 Å². The monoisotopic (exact) mass is 323 g/mol. The van der Waals surface area contributed by atoms with E-state index in [0.717, 1.165) is 12.0 Å². The van der Waals surface area contributed by atoms with E-state index in [2.05, 4.69) is 11.8 Å². The summed E-state index contributed by atoms with van der Waals surface area (Å²) in [4.78, 5) is 16.1. The molecule has 3 nitrogen and oxygen atoms in total. The molecular formula is C21H25NO2. The minimum atomic E-state index is -0.785. The zero-order chi connectivity index (χ0) is 17.6. The van der Waals surface area contributed by atoms with Crippen LogP contribution in [0.4, 0.5) is 0 Å². The third kappa shape index (κ3) is 2.70. The van der Waals surface area contributed by atoms with Crippen molar-refractivity contribution in [3.63, 3.8) is 0 Å². The van der Waals surface area contributed by atoms with Gasteiger partial charge in [-0.05, 0) is 36.2 Å². The number of rotatable bonds is 2. The first-order valence-corrected chi connectivity index (χ1v) is 8.62. The molecule has 2 aliphatic carbocycles. The van der Waals surface area contributed by atoms with Gasteiger partial charge in [-0.2, -0.15) is 0 Å². The van der Waals surface area contributed by atoms with Gasteiger partial charge in [0.2, 0.25) is 5.70 Å². The number of allylic oxidation sites excluding steroid dienone is 2. The highest BCUT2D eigenvalue weighted by atomic mass is 16.3. The Kier molecular flexibility index (Phi) is 3.92. The molecule has 0 bridgehead atoms. The molecule has 1 aromatic rings. The fraction of sp³-hybridized carbons (Fsp3) is 0.524. The molecule has 0 aromatic heterocycles. The maximum absolute atomic E-state index is 12.6. The largest absolute Gasteiger partial charge is 0.390 e. The Morgan fingerprint density at radius 1 is 1.25 bits per heavy atom. The topological polar surface area (TPSA) is 41.7 Å². The predicted molar refractivity (Wildman–Crippen MR) is 94.0 cm³/mol. The number of hydrogen-bond donors (Lipinski definition) is 1. The Morgan fingerprint density at radius 2 is 1.92 bits per heavy atom. The number of fused-ring (bicyclic) bond motifs is 1. The maximum atomic E-state index is 12.6. The van der Waals surface area contributed by atoms with Crippen LogP contribution in [0.2, 0.25) is 0 Å². The first-order chi connectivity index (χ1) is 11.2. The van der Waals surface area contributed by atoms with Crippen LogP contribution in [0.3, 0.4) is 0 Å². The van der Waals surface area contributed by atoms with E-state index < -0.39 is 11.0 Å². The number of benzene rings is 1. The van der Waals surface area contributed by atoms with Gasteiger partial charge in [0, 0.05) is 11.8 Å². The molecule has 0 heterocycles. The Balaban J connectivity index is 1.94. The van der Waals surface area contributed by atoms with E-state index in [1.165, 1.54) is 0 Å². The summed E-state index contributed by atoms with van der Waals surface area (Å²) >= 11 is 0. The lowest BCUT2D eigenvalue weighted by Crippen LogP contribution is -2.54. The molecule has 0 unspecified atom stereocenters. The SMILES string of the molecule is [C-]#[N+]C1=C[C@]2(C)C[C@](O)(Cc3ccccc3)CC[C@H]2C(C)(C)C1=O. The standard InChI is InChI=1S/C21H25NO2/c1-19(2)17-10-11-21(24,12-15-8-6-5-7-9-15)14-20(17,3)13-16(22-4)18(19)23/h5-9,13,17,24H,10-12,14H2,1-3H3/t17-,20+,21+/m0/s1. The third-order valence-corrected chi connectivity index (χ3v) is 6.06. The van der Waals surface area contributed by atoms with Gasteiger partial charge in [0.05, 0.1) is 12.2 Å². The summed E-state index contributed by atoms with van der Waals surface area (Å²) in [6, 6.07) is 10.0. The van der Waals surface area contributed by atoms with Crippen LogP contribution in [0.25, 0.3) is 4.85 Å². The van der Waals surface area contributed by atoms with Crippen molar-refractivity contribution in [1.29, 1.82) is 0 Å². The van der Waals surface area contributed by atoms with Crippen LogP contribution in [0, 0.1) is 23.3 Å². The van der Waals surface area contributed by atoms with Crippen LogP contribution in [0.15, 0.2) is 42.1 Å². The third-order valence-electron chi connectivity index (χ3n) is 6.06. The molecule has 0 amide bonds. The number of Topliss-reactive ketones (excluding diaryl/α,β-unsaturated/α-hetero) is 1. The summed E-state index contributed by atoms with van der Waals surface area (Å²) in [5, 5.41) is 11.2. The van der Waals surface area contributed by atoms with E-state index in [-0.39, 0.29) is 22.8 Å². The Bertz CT molecular complexity index is 728. The maximum Gasteiger partial charge on any atom is 0.226 e. The number of aliphatic hydroxyl groups is 1. The summed E-state index contributed by atoms with van der Waals surface area (Å²) < 4.78 is 0. The first-order valence-electron chi connectivity index (χ1n) is 8.62. The molecule has 3 heteroatoms. The number of carbonyl (C=O) groups is 1. The van der Waals surface area contributed by atoms with E-state index in [4.69, 9.17) is 6.57 Å². The van der Waals surface area contributed by atoms with Crippen molar-refractivity contribution in [3.8, 4) is 0 Å². The second kappa shape index (κ2) is 5.57. The van der Waals surface area contributed by atoms with E-state index in [0.29, 0.717) is 19.3 Å². The van der Waals surface area contributed by atoms with Crippen molar-refractivity contribution in [2.24, 2.45) is 16.7 Å². The summed E-state index contributed by atoms with van der Waals surface area (Å²) in [5.41, 5.74) is -0.284. The van der Waals surface area contributed by atoms with Crippen LogP contribution in [-0.2, 0) is 11.2 Å². The number of nitrogens with zero attached hydrogens (tertiary/aromatic N) is 1. The number of hydrogen-bond acceptors (Lipinski definition) is 2. The quantitative estimate of drug-likeness (QED) is 0.830. The molecule has 1 fully saturated rings. The van der Waals surface area contributed by atoms with Crippen LogP contribution < -0.4 is 0 Å². The molecule has 1 saturated carbocycles. The van der Waals surface area contributed by atoms with Gasteiger partial charge >= 0.3 is 0 Å². The number of carbonyl (C=O) groups excluding carboxylic acids is 1. The van der Waals surface area contributed by atoms with Crippen molar-refractivity contribution < 1.29 is 9.90 Å². The second-order valence-corrected chi connectivity index (χ2v) is 8.35. The van der Waals surface area contributed by atoms with Crippen LogP contribution in [0.5, 0.6) is 0 Å². The minimum Gasteiger partial charge on any atom is -0.390 e. The molecular weight excluding hydrogens is 298 g/mol. The van der Waals surface area contributed by atoms with E-state index in [1.54, 1.807) is 0 Å². The van der Waals surface area contributed by atoms with Crippen molar-refractivity contribution in [1.82, 2.24) is 0 Å². The zero-order valence-electron chi connectivity index (χ0n) is 14.7. The molecule has 24 heavy (non-hydrogen) atoms. The lowest BCUT2D eigenvalue weighted by molar-refractivity contribution is -0.137. The molecule has 0 radical (unpaired) electrons. The normalized spacial score (nSPS) is 34.9. The van der Waals surface area contributed by atoms with Crippen LogP contribution in [0.1, 0.15) is 45.6 Å². The molecule has 1 N–H and O–H groups in total. The second-order valence-electron chi connectivity index (χ2n) is 8.35. The van der Waals surface area contributed by atoms with Crippen molar-refractivity contribution in [2.75, 3.05) is 0 Å². The highest BCUT2D eigenvalue weighted by Gasteiger charge is 2.56. The fourth-order valence-electron chi connectivity index (χ4n) is 5.08. The van der Waals surface area contributed by atoms with Gasteiger partial charge in [-0.3, -0.25) is 0 Å². The Hall–Kier alpha value is -1.92. The predicted octanol–water partition coefficient (Wildman–Crippen LogP) is 4.18. The van der Waals surface area contributed by atoms with E-state index in [9.17, 15) is 9.90 Å². The summed E-state index contributed by atoms with van der Waals surface area (Å²) in [7, 11) is 0. The van der Waals surface area contributed by atoms with E-state index in [1.807, 2.05) is 50.3 Å². The van der Waals surface area contributed by atoms with Crippen molar-refractivity contribution in [2.45, 2.75) is 52.1 Å². The molecule has 126 valence electrons. The molecule has 1 aromatic carbocycles. The molecule has 3 atom stereocenters. The smallest absolute Gasteiger partial charge is 0.226 e. The molecule has 0 saturated heterocycles. The first kappa shape index (κ1) is 16.9. The Morgan fingerprint density at radius 3 is 2.54 bits per heavy atom. The van der Waals surface area contributed by atoms with Gasteiger partial charge in [-0.15, -0.1) is 0 Å². The van der Waals surface area contributed by atoms with Crippen LogP contribution >= 0.6 is 0 Å². The molecule has 2 aliphatic rings. The Labute approximate surface area is 144 Å². The summed E-state index contributed by atoms with van der Waals surface area (Å²) in [5.74, 6) is 0.118.